The molecule has 0 bridgehead atoms. The van der Waals surface area contributed by atoms with Crippen molar-refractivity contribution in [2.75, 3.05) is 13.2 Å². The minimum atomic E-state index is -0.805. The van der Waals surface area contributed by atoms with E-state index >= 15 is 0 Å². The van der Waals surface area contributed by atoms with E-state index in [1.54, 1.807) is 0 Å². The molecule has 24 heavy (non-hydrogen) atoms. The summed E-state index contributed by atoms with van der Waals surface area (Å²) in [7, 11) is 0. The van der Waals surface area contributed by atoms with Gasteiger partial charge < -0.3 is 10.1 Å². The van der Waals surface area contributed by atoms with Gasteiger partial charge in [0.2, 0.25) is 0 Å². The third-order valence-corrected chi connectivity index (χ3v) is 3.03. The first-order valence-corrected chi connectivity index (χ1v) is 6.94. The lowest BCUT2D eigenvalue weighted by atomic mass is 10.1. The average molecular weight is 333 g/mol. The van der Waals surface area contributed by atoms with Crippen LogP contribution in [0.4, 0.5) is 8.78 Å². The average Bonchev–Trinajstić information content (AvgIpc) is 2.58. The molecular formula is C17H13F2NO4. The Bertz CT molecular complexity index is 679. The molecule has 0 aliphatic heterocycles. The standard InChI is InChI=1S/C17H13F2NO4/c18-13-5-1-11(2-6-13)15(21)10-24-16(22)9-20-17(23)12-3-7-14(19)8-4-12/h1-8H,9-10H2,(H,20,23). The highest BCUT2D eigenvalue weighted by molar-refractivity contribution is 5.98. The van der Waals surface area contributed by atoms with Gasteiger partial charge in [0.1, 0.15) is 18.2 Å². The Balaban J connectivity index is 1.77. The molecule has 0 fully saturated rings. The molecule has 0 aliphatic rings. The molecule has 0 spiro atoms. The van der Waals surface area contributed by atoms with Crippen LogP contribution in [0.15, 0.2) is 48.5 Å². The van der Waals surface area contributed by atoms with E-state index in [2.05, 4.69) is 5.32 Å². The first-order chi connectivity index (χ1) is 11.5. The van der Waals surface area contributed by atoms with Gasteiger partial charge in [-0.25, -0.2) is 8.78 Å². The normalized spacial score (nSPS) is 10.1. The topological polar surface area (TPSA) is 72.5 Å². The van der Waals surface area contributed by atoms with E-state index in [0.717, 1.165) is 24.3 Å². The second-order valence-corrected chi connectivity index (χ2v) is 4.78. The summed E-state index contributed by atoms with van der Waals surface area (Å²) in [6.07, 6.45) is 0. The highest BCUT2D eigenvalue weighted by Crippen LogP contribution is 2.04. The van der Waals surface area contributed by atoms with Gasteiger partial charge in [-0.05, 0) is 48.5 Å². The van der Waals surface area contributed by atoms with Gasteiger partial charge >= 0.3 is 5.97 Å². The third kappa shape index (κ3) is 4.98. The zero-order chi connectivity index (χ0) is 17.5. The summed E-state index contributed by atoms with van der Waals surface area (Å²) >= 11 is 0. The van der Waals surface area contributed by atoms with Crippen molar-refractivity contribution in [2.45, 2.75) is 0 Å². The van der Waals surface area contributed by atoms with Crippen LogP contribution < -0.4 is 5.32 Å². The summed E-state index contributed by atoms with van der Waals surface area (Å²) in [5.74, 6) is -2.83. The summed E-state index contributed by atoms with van der Waals surface area (Å²) in [6, 6.07) is 9.59. The molecular weight excluding hydrogens is 320 g/mol. The van der Waals surface area contributed by atoms with Gasteiger partial charge in [-0.15, -0.1) is 0 Å². The van der Waals surface area contributed by atoms with Crippen LogP contribution in [0.2, 0.25) is 0 Å². The van der Waals surface area contributed by atoms with E-state index < -0.39 is 42.4 Å². The molecule has 0 unspecified atom stereocenters. The first kappa shape index (κ1) is 17.3. The van der Waals surface area contributed by atoms with Crippen molar-refractivity contribution in [3.63, 3.8) is 0 Å². The number of hydrogen-bond acceptors (Lipinski definition) is 4. The molecule has 0 saturated heterocycles. The quantitative estimate of drug-likeness (QED) is 0.649. The molecule has 0 atom stereocenters. The van der Waals surface area contributed by atoms with Crippen LogP contribution >= 0.6 is 0 Å². The number of carbonyl (C=O) groups is 3. The summed E-state index contributed by atoms with van der Waals surface area (Å²) in [6.45, 7) is -0.955. The molecule has 1 amide bonds. The van der Waals surface area contributed by atoms with Crippen molar-refractivity contribution in [2.24, 2.45) is 0 Å². The maximum Gasteiger partial charge on any atom is 0.325 e. The number of Topliss-reactive ketones (excluding diaryl/α,β-unsaturated/α-hetero) is 1. The number of rotatable bonds is 6. The van der Waals surface area contributed by atoms with Crippen LogP contribution in [-0.2, 0) is 9.53 Å². The molecule has 7 heteroatoms. The zero-order valence-electron chi connectivity index (χ0n) is 12.4. The lowest BCUT2D eigenvalue weighted by molar-refractivity contribution is -0.141. The number of ketones is 1. The molecule has 1 N–H and O–H groups in total. The molecule has 2 aromatic carbocycles. The van der Waals surface area contributed by atoms with Crippen molar-refractivity contribution in [3.8, 4) is 0 Å². The van der Waals surface area contributed by atoms with Gasteiger partial charge in [-0.3, -0.25) is 14.4 Å². The minimum Gasteiger partial charge on any atom is -0.456 e. The van der Waals surface area contributed by atoms with E-state index in [-0.39, 0.29) is 11.1 Å². The predicted molar refractivity (Wildman–Crippen MR) is 80.4 cm³/mol. The fraction of sp³-hybridized carbons (Fsp3) is 0.118. The number of nitrogens with one attached hydrogen (secondary N) is 1. The van der Waals surface area contributed by atoms with E-state index in [1.807, 2.05) is 0 Å². The van der Waals surface area contributed by atoms with Crippen molar-refractivity contribution < 1.29 is 27.9 Å². The highest BCUT2D eigenvalue weighted by Gasteiger charge is 2.12. The summed E-state index contributed by atoms with van der Waals surface area (Å²) in [5.41, 5.74) is 0.395. The Labute approximate surface area is 136 Å². The fourth-order valence-corrected chi connectivity index (χ4v) is 1.77. The fourth-order valence-electron chi connectivity index (χ4n) is 1.77. The van der Waals surface area contributed by atoms with Crippen LogP contribution in [0.25, 0.3) is 0 Å². The molecule has 0 radical (unpaired) electrons. The molecule has 0 heterocycles. The molecule has 2 aromatic rings. The predicted octanol–water partition coefficient (Wildman–Crippen LogP) is 2.12. The number of carbonyl (C=O) groups excluding carboxylic acids is 3. The molecule has 0 aliphatic carbocycles. The van der Waals surface area contributed by atoms with Crippen molar-refractivity contribution in [1.82, 2.24) is 5.32 Å². The number of hydrogen-bond donors (Lipinski definition) is 1. The summed E-state index contributed by atoms with van der Waals surface area (Å²) in [5, 5.41) is 2.29. The van der Waals surface area contributed by atoms with Crippen LogP contribution in [0.3, 0.4) is 0 Å². The smallest absolute Gasteiger partial charge is 0.325 e. The Kier molecular flexibility index (Phi) is 5.73. The van der Waals surface area contributed by atoms with Crippen molar-refractivity contribution in [1.29, 1.82) is 0 Å². The second-order valence-electron chi connectivity index (χ2n) is 4.78. The van der Waals surface area contributed by atoms with Gasteiger partial charge in [-0.1, -0.05) is 0 Å². The zero-order valence-corrected chi connectivity index (χ0v) is 12.4. The summed E-state index contributed by atoms with van der Waals surface area (Å²) in [4.78, 5) is 35.0. The lowest BCUT2D eigenvalue weighted by Gasteiger charge is -2.06. The number of ether oxygens (including phenoxy) is 1. The van der Waals surface area contributed by atoms with Crippen LogP contribution in [-0.4, -0.2) is 30.8 Å². The molecule has 0 aromatic heterocycles. The molecule has 124 valence electrons. The van der Waals surface area contributed by atoms with Crippen LogP contribution in [0.5, 0.6) is 0 Å². The Hall–Kier alpha value is -3.09. The third-order valence-electron chi connectivity index (χ3n) is 3.03. The van der Waals surface area contributed by atoms with Gasteiger partial charge in [0.05, 0.1) is 0 Å². The second kappa shape index (κ2) is 7.96. The minimum absolute atomic E-state index is 0.187. The van der Waals surface area contributed by atoms with E-state index in [4.69, 9.17) is 4.74 Å². The van der Waals surface area contributed by atoms with E-state index in [9.17, 15) is 23.2 Å². The van der Waals surface area contributed by atoms with E-state index in [0.29, 0.717) is 0 Å². The van der Waals surface area contributed by atoms with Crippen LogP contribution in [0, 0.1) is 11.6 Å². The SMILES string of the molecule is O=C(CNC(=O)c1ccc(F)cc1)OCC(=O)c1ccc(F)cc1. The van der Waals surface area contributed by atoms with Crippen molar-refractivity contribution >= 4 is 17.7 Å². The monoisotopic (exact) mass is 333 g/mol. The number of halogens is 2. The lowest BCUT2D eigenvalue weighted by Crippen LogP contribution is -2.31. The number of benzene rings is 2. The van der Waals surface area contributed by atoms with Gasteiger partial charge in [-0.2, -0.15) is 0 Å². The summed E-state index contributed by atoms with van der Waals surface area (Å²) < 4.78 is 30.2. The highest BCUT2D eigenvalue weighted by atomic mass is 19.1. The number of esters is 1. The van der Waals surface area contributed by atoms with Gasteiger partial charge in [0.25, 0.3) is 5.91 Å². The van der Waals surface area contributed by atoms with Crippen molar-refractivity contribution in [3.05, 3.63) is 71.3 Å². The largest absolute Gasteiger partial charge is 0.456 e. The maximum absolute atomic E-state index is 12.7. The van der Waals surface area contributed by atoms with Crippen LogP contribution in [0.1, 0.15) is 20.7 Å². The first-order valence-electron chi connectivity index (χ1n) is 6.94. The molecule has 2 rings (SSSR count). The van der Waals surface area contributed by atoms with Gasteiger partial charge in [0, 0.05) is 11.1 Å². The molecule has 0 saturated carbocycles. The van der Waals surface area contributed by atoms with E-state index in [1.165, 1.54) is 24.3 Å². The Morgan fingerprint density at radius 1 is 0.833 bits per heavy atom. The maximum atomic E-state index is 12.7. The molecule has 5 nitrogen and oxygen atoms in total. The number of amides is 1. The Morgan fingerprint density at radius 3 is 1.88 bits per heavy atom. The van der Waals surface area contributed by atoms with Gasteiger partial charge in [0.15, 0.2) is 12.4 Å². The Morgan fingerprint density at radius 2 is 1.33 bits per heavy atom.